The lowest BCUT2D eigenvalue weighted by Crippen LogP contribution is -2.43. The number of rotatable bonds is 4. The van der Waals surface area contributed by atoms with Crippen molar-refractivity contribution in [2.45, 2.75) is 63.7 Å². The highest BCUT2D eigenvalue weighted by Gasteiger charge is 2.22. The summed E-state index contributed by atoms with van der Waals surface area (Å²) in [4.78, 5) is 0. The first-order valence-corrected chi connectivity index (χ1v) is 6.85. The monoisotopic (exact) mass is 227 g/mol. The minimum absolute atomic E-state index is 0.455. The number of ether oxygens (including phenoxy) is 2. The Labute approximate surface area is 98.9 Å². The Kier molecular flexibility index (Phi) is 5.07. The molecule has 3 unspecified atom stereocenters. The zero-order valence-electron chi connectivity index (χ0n) is 10.4. The highest BCUT2D eigenvalue weighted by Crippen LogP contribution is 2.17. The second-order valence-electron chi connectivity index (χ2n) is 5.02. The lowest BCUT2D eigenvalue weighted by molar-refractivity contribution is -0.0115. The Balaban J connectivity index is 1.64. The number of hydrogen-bond acceptors (Lipinski definition) is 3. The van der Waals surface area contributed by atoms with Gasteiger partial charge in [0, 0.05) is 25.8 Å². The van der Waals surface area contributed by atoms with Crippen molar-refractivity contribution in [3.05, 3.63) is 0 Å². The summed E-state index contributed by atoms with van der Waals surface area (Å²) in [5, 5.41) is 3.65. The Hall–Kier alpha value is -0.120. The molecule has 0 saturated carbocycles. The fourth-order valence-electron chi connectivity index (χ4n) is 2.62. The van der Waals surface area contributed by atoms with Crippen LogP contribution >= 0.6 is 0 Å². The molecule has 0 aliphatic carbocycles. The van der Waals surface area contributed by atoms with Gasteiger partial charge < -0.3 is 14.8 Å². The molecule has 1 N–H and O–H groups in total. The summed E-state index contributed by atoms with van der Waals surface area (Å²) in [5.74, 6) is 0. The third-order valence-corrected chi connectivity index (χ3v) is 3.73. The van der Waals surface area contributed by atoms with Crippen LogP contribution in [0.2, 0.25) is 0 Å². The van der Waals surface area contributed by atoms with Crippen molar-refractivity contribution >= 4 is 0 Å². The summed E-state index contributed by atoms with van der Waals surface area (Å²) in [6, 6.07) is 0.643. The average molecular weight is 227 g/mol. The van der Waals surface area contributed by atoms with Crippen LogP contribution in [-0.2, 0) is 9.47 Å². The van der Waals surface area contributed by atoms with E-state index >= 15 is 0 Å². The van der Waals surface area contributed by atoms with Crippen LogP contribution < -0.4 is 5.32 Å². The van der Waals surface area contributed by atoms with Crippen molar-refractivity contribution in [1.82, 2.24) is 5.32 Å². The molecule has 3 heteroatoms. The maximum atomic E-state index is 5.73. The molecule has 2 saturated heterocycles. The molecule has 3 nitrogen and oxygen atoms in total. The third-order valence-electron chi connectivity index (χ3n) is 3.73. The summed E-state index contributed by atoms with van der Waals surface area (Å²) in [6.45, 7) is 5.11. The van der Waals surface area contributed by atoms with Crippen LogP contribution in [0, 0.1) is 0 Å². The van der Waals surface area contributed by atoms with Gasteiger partial charge in [-0.05, 0) is 38.5 Å². The van der Waals surface area contributed by atoms with E-state index in [-0.39, 0.29) is 0 Å². The molecule has 0 amide bonds. The second-order valence-corrected chi connectivity index (χ2v) is 5.02. The van der Waals surface area contributed by atoms with E-state index in [0.717, 1.165) is 32.6 Å². The number of nitrogens with one attached hydrogen (secondary N) is 1. The Morgan fingerprint density at radius 1 is 1.06 bits per heavy atom. The van der Waals surface area contributed by atoms with E-state index in [2.05, 4.69) is 12.2 Å². The standard InChI is InChI=1S/C13H25NO2/c1-2-12-9-11(6-8-16-12)14-10-13-5-3-4-7-15-13/h11-14H,2-10H2,1H3. The van der Waals surface area contributed by atoms with Gasteiger partial charge in [0.2, 0.25) is 0 Å². The molecule has 2 fully saturated rings. The van der Waals surface area contributed by atoms with Gasteiger partial charge in [-0.3, -0.25) is 0 Å². The van der Waals surface area contributed by atoms with Gasteiger partial charge in [-0.2, -0.15) is 0 Å². The minimum Gasteiger partial charge on any atom is -0.378 e. The molecule has 94 valence electrons. The molecule has 2 aliphatic heterocycles. The summed E-state index contributed by atoms with van der Waals surface area (Å²) in [7, 11) is 0. The SMILES string of the molecule is CCC1CC(NCC2CCCCO2)CCO1. The predicted octanol–water partition coefficient (Wildman–Crippen LogP) is 2.10. The van der Waals surface area contributed by atoms with Crippen LogP contribution in [0.25, 0.3) is 0 Å². The largest absolute Gasteiger partial charge is 0.378 e. The van der Waals surface area contributed by atoms with Crippen molar-refractivity contribution in [3.63, 3.8) is 0 Å². The molecule has 0 aromatic carbocycles. The van der Waals surface area contributed by atoms with Crippen molar-refractivity contribution in [1.29, 1.82) is 0 Å². The molecule has 0 spiro atoms. The summed E-state index contributed by atoms with van der Waals surface area (Å²) in [6.07, 6.45) is 8.19. The molecule has 2 rings (SSSR count). The van der Waals surface area contributed by atoms with Crippen LogP contribution in [0.4, 0.5) is 0 Å². The molecule has 0 aromatic rings. The van der Waals surface area contributed by atoms with Gasteiger partial charge in [0.25, 0.3) is 0 Å². The third kappa shape index (κ3) is 3.72. The molecule has 16 heavy (non-hydrogen) atoms. The molecule has 0 bridgehead atoms. The molecule has 2 heterocycles. The molecule has 0 radical (unpaired) electrons. The molecule has 0 aromatic heterocycles. The quantitative estimate of drug-likeness (QED) is 0.798. The van der Waals surface area contributed by atoms with Crippen LogP contribution in [0.3, 0.4) is 0 Å². The van der Waals surface area contributed by atoms with Crippen molar-refractivity contribution in [2.24, 2.45) is 0 Å². The van der Waals surface area contributed by atoms with E-state index in [1.807, 2.05) is 0 Å². The van der Waals surface area contributed by atoms with Gasteiger partial charge in [0.1, 0.15) is 0 Å². The van der Waals surface area contributed by atoms with Crippen LogP contribution in [-0.4, -0.2) is 38.0 Å². The van der Waals surface area contributed by atoms with Crippen molar-refractivity contribution < 1.29 is 9.47 Å². The first-order chi connectivity index (χ1) is 7.88. The second kappa shape index (κ2) is 6.58. The summed E-state index contributed by atoms with van der Waals surface area (Å²) >= 11 is 0. The highest BCUT2D eigenvalue weighted by atomic mass is 16.5. The van der Waals surface area contributed by atoms with E-state index in [4.69, 9.17) is 9.47 Å². The average Bonchev–Trinajstić information content (AvgIpc) is 2.38. The minimum atomic E-state index is 0.455. The van der Waals surface area contributed by atoms with Crippen LogP contribution in [0.1, 0.15) is 45.4 Å². The van der Waals surface area contributed by atoms with Crippen molar-refractivity contribution in [2.75, 3.05) is 19.8 Å². The van der Waals surface area contributed by atoms with E-state index in [0.29, 0.717) is 18.2 Å². The summed E-state index contributed by atoms with van der Waals surface area (Å²) in [5.41, 5.74) is 0. The van der Waals surface area contributed by atoms with Crippen molar-refractivity contribution in [3.8, 4) is 0 Å². The smallest absolute Gasteiger partial charge is 0.0699 e. The van der Waals surface area contributed by atoms with Crippen LogP contribution in [0.15, 0.2) is 0 Å². The Morgan fingerprint density at radius 3 is 2.69 bits per heavy atom. The highest BCUT2D eigenvalue weighted by molar-refractivity contribution is 4.78. The van der Waals surface area contributed by atoms with Gasteiger partial charge in [0.15, 0.2) is 0 Å². The zero-order valence-corrected chi connectivity index (χ0v) is 10.4. The predicted molar refractivity (Wildman–Crippen MR) is 64.6 cm³/mol. The van der Waals surface area contributed by atoms with Gasteiger partial charge >= 0.3 is 0 Å². The maximum Gasteiger partial charge on any atom is 0.0699 e. The molecular weight excluding hydrogens is 202 g/mol. The lowest BCUT2D eigenvalue weighted by atomic mass is 10.0. The van der Waals surface area contributed by atoms with E-state index in [9.17, 15) is 0 Å². The molecular formula is C13H25NO2. The van der Waals surface area contributed by atoms with E-state index in [1.54, 1.807) is 0 Å². The maximum absolute atomic E-state index is 5.73. The zero-order chi connectivity index (χ0) is 11.2. The van der Waals surface area contributed by atoms with Crippen LogP contribution in [0.5, 0.6) is 0 Å². The van der Waals surface area contributed by atoms with Gasteiger partial charge in [-0.15, -0.1) is 0 Å². The Bertz CT molecular complexity index is 192. The molecule has 2 aliphatic rings. The van der Waals surface area contributed by atoms with Gasteiger partial charge in [-0.1, -0.05) is 6.92 Å². The van der Waals surface area contributed by atoms with E-state index < -0.39 is 0 Å². The fourth-order valence-corrected chi connectivity index (χ4v) is 2.62. The summed E-state index contributed by atoms with van der Waals surface area (Å²) < 4.78 is 11.4. The van der Waals surface area contributed by atoms with Gasteiger partial charge in [-0.25, -0.2) is 0 Å². The topological polar surface area (TPSA) is 30.5 Å². The Morgan fingerprint density at radius 2 is 1.94 bits per heavy atom. The normalized spacial score (nSPS) is 36.2. The first-order valence-electron chi connectivity index (χ1n) is 6.85. The fraction of sp³-hybridized carbons (Fsp3) is 1.00. The van der Waals surface area contributed by atoms with E-state index in [1.165, 1.54) is 25.7 Å². The first kappa shape index (κ1) is 12.3. The molecule has 3 atom stereocenters. The lowest BCUT2D eigenvalue weighted by Gasteiger charge is -2.31. The van der Waals surface area contributed by atoms with Gasteiger partial charge in [0.05, 0.1) is 12.2 Å². The number of hydrogen-bond donors (Lipinski definition) is 1.